The molecule has 1 spiro atoms. The molecule has 19 heavy (non-hydrogen) atoms. The van der Waals surface area contributed by atoms with Crippen molar-refractivity contribution in [2.24, 2.45) is 5.41 Å². The molecule has 1 aliphatic heterocycles. The Balaban J connectivity index is 1.93. The summed E-state index contributed by atoms with van der Waals surface area (Å²) in [6, 6.07) is 8.45. The quantitative estimate of drug-likeness (QED) is 0.746. The van der Waals surface area contributed by atoms with Crippen molar-refractivity contribution in [1.82, 2.24) is 10.3 Å². The zero-order valence-corrected chi connectivity index (χ0v) is 11.1. The number of para-hydroxylation sites is 1. The first-order valence-corrected chi connectivity index (χ1v) is 7.10. The highest BCUT2D eigenvalue weighted by atomic mass is 16.2. The average molecular weight is 254 g/mol. The van der Waals surface area contributed by atoms with Crippen molar-refractivity contribution in [3.63, 3.8) is 0 Å². The molecular formula is C16H18N2O. The van der Waals surface area contributed by atoms with Crippen LogP contribution in [0.25, 0.3) is 10.9 Å². The number of H-pyrrole nitrogens is 1. The maximum Gasteiger partial charge on any atom is 0.226 e. The lowest BCUT2D eigenvalue weighted by molar-refractivity contribution is -0.129. The molecule has 2 heterocycles. The SMILES string of the molecule is CC1c2c([nH]c3ccccc23)CCC12CCNC2=O. The normalized spacial score (nSPS) is 29.7. The Morgan fingerprint density at radius 2 is 2.11 bits per heavy atom. The molecule has 0 radical (unpaired) electrons. The van der Waals surface area contributed by atoms with Crippen LogP contribution in [0, 0.1) is 5.41 Å². The van der Waals surface area contributed by atoms with Gasteiger partial charge in [-0.15, -0.1) is 0 Å². The second-order valence-electron chi connectivity index (χ2n) is 5.95. The molecule has 1 aliphatic carbocycles. The fourth-order valence-electron chi connectivity index (χ4n) is 4.09. The van der Waals surface area contributed by atoms with Crippen molar-refractivity contribution in [3.8, 4) is 0 Å². The molecule has 2 atom stereocenters. The summed E-state index contributed by atoms with van der Waals surface area (Å²) in [5.74, 6) is 0.561. The first-order chi connectivity index (χ1) is 9.22. The van der Waals surface area contributed by atoms with Gasteiger partial charge in [-0.3, -0.25) is 4.79 Å². The molecular weight excluding hydrogens is 236 g/mol. The largest absolute Gasteiger partial charge is 0.358 e. The van der Waals surface area contributed by atoms with Crippen LogP contribution in [0.2, 0.25) is 0 Å². The number of hydrogen-bond donors (Lipinski definition) is 2. The number of hydrogen-bond acceptors (Lipinski definition) is 1. The third kappa shape index (κ3) is 1.30. The van der Waals surface area contributed by atoms with Gasteiger partial charge < -0.3 is 10.3 Å². The second-order valence-corrected chi connectivity index (χ2v) is 5.95. The number of fused-ring (bicyclic) bond motifs is 3. The molecule has 0 bridgehead atoms. The molecule has 0 saturated carbocycles. The Hall–Kier alpha value is -1.77. The summed E-state index contributed by atoms with van der Waals surface area (Å²) in [6.45, 7) is 3.06. The van der Waals surface area contributed by atoms with E-state index in [0.29, 0.717) is 5.92 Å². The number of aromatic nitrogens is 1. The van der Waals surface area contributed by atoms with Gasteiger partial charge in [0.1, 0.15) is 0 Å². The van der Waals surface area contributed by atoms with Gasteiger partial charge in [0.2, 0.25) is 5.91 Å². The standard InChI is InChI=1S/C16H18N2O/c1-10-14-11-4-2-3-5-12(11)18-13(14)6-7-16(10)8-9-17-15(16)19/h2-5,10,18H,6-9H2,1H3,(H,17,19). The van der Waals surface area contributed by atoms with Gasteiger partial charge in [0.05, 0.1) is 5.41 Å². The Bertz CT molecular complexity index is 672. The molecule has 2 N–H and O–H groups in total. The van der Waals surface area contributed by atoms with Crippen LogP contribution in [-0.2, 0) is 11.2 Å². The molecule has 3 nitrogen and oxygen atoms in total. The lowest BCUT2D eigenvalue weighted by Crippen LogP contribution is -2.39. The molecule has 1 fully saturated rings. The highest BCUT2D eigenvalue weighted by Crippen LogP contribution is 2.51. The van der Waals surface area contributed by atoms with Gasteiger partial charge >= 0.3 is 0 Å². The maximum atomic E-state index is 12.3. The van der Waals surface area contributed by atoms with Gasteiger partial charge in [-0.25, -0.2) is 0 Å². The van der Waals surface area contributed by atoms with Crippen molar-refractivity contribution in [1.29, 1.82) is 0 Å². The van der Waals surface area contributed by atoms with Crippen LogP contribution in [0.5, 0.6) is 0 Å². The fourth-order valence-corrected chi connectivity index (χ4v) is 4.09. The summed E-state index contributed by atoms with van der Waals surface area (Å²) in [5.41, 5.74) is 3.74. The predicted molar refractivity (Wildman–Crippen MR) is 75.1 cm³/mol. The van der Waals surface area contributed by atoms with Crippen LogP contribution in [0.15, 0.2) is 24.3 Å². The van der Waals surface area contributed by atoms with Gasteiger partial charge in [-0.1, -0.05) is 25.1 Å². The zero-order valence-electron chi connectivity index (χ0n) is 11.1. The molecule has 2 aliphatic rings. The van der Waals surface area contributed by atoms with Crippen LogP contribution in [0.1, 0.15) is 36.9 Å². The van der Waals surface area contributed by atoms with Crippen LogP contribution in [0.4, 0.5) is 0 Å². The smallest absolute Gasteiger partial charge is 0.226 e. The van der Waals surface area contributed by atoms with Gasteiger partial charge in [0.25, 0.3) is 0 Å². The monoisotopic (exact) mass is 254 g/mol. The van der Waals surface area contributed by atoms with E-state index in [9.17, 15) is 4.79 Å². The average Bonchev–Trinajstić information content (AvgIpc) is 2.96. The van der Waals surface area contributed by atoms with Crippen LogP contribution in [-0.4, -0.2) is 17.4 Å². The summed E-state index contributed by atoms with van der Waals surface area (Å²) >= 11 is 0. The van der Waals surface area contributed by atoms with E-state index < -0.39 is 0 Å². The molecule has 2 aromatic rings. The third-order valence-electron chi connectivity index (χ3n) is 5.22. The lowest BCUT2D eigenvalue weighted by atomic mass is 9.64. The number of carbonyl (C=O) groups is 1. The van der Waals surface area contributed by atoms with E-state index in [-0.39, 0.29) is 11.3 Å². The Labute approximate surface area is 112 Å². The summed E-state index contributed by atoms with van der Waals surface area (Å²) in [5, 5.41) is 4.33. The van der Waals surface area contributed by atoms with E-state index in [2.05, 4.69) is 41.5 Å². The predicted octanol–water partition coefficient (Wildman–Crippen LogP) is 2.72. The van der Waals surface area contributed by atoms with E-state index in [1.54, 1.807) is 0 Å². The molecule has 1 amide bonds. The van der Waals surface area contributed by atoms with Gasteiger partial charge in [-0.2, -0.15) is 0 Å². The Morgan fingerprint density at radius 3 is 2.89 bits per heavy atom. The molecule has 1 aromatic carbocycles. The van der Waals surface area contributed by atoms with Gasteiger partial charge in [0, 0.05) is 23.1 Å². The van der Waals surface area contributed by atoms with Crippen LogP contribution < -0.4 is 5.32 Å². The number of amides is 1. The number of carbonyl (C=O) groups excluding carboxylic acids is 1. The summed E-state index contributed by atoms with van der Waals surface area (Å²) in [7, 11) is 0. The number of aryl methyl sites for hydroxylation is 1. The number of nitrogens with one attached hydrogen (secondary N) is 2. The van der Waals surface area contributed by atoms with E-state index in [4.69, 9.17) is 0 Å². The molecule has 1 saturated heterocycles. The van der Waals surface area contributed by atoms with Crippen molar-refractivity contribution < 1.29 is 4.79 Å². The fraction of sp³-hybridized carbons (Fsp3) is 0.438. The van der Waals surface area contributed by atoms with Gasteiger partial charge in [0.15, 0.2) is 0 Å². The molecule has 1 aromatic heterocycles. The minimum absolute atomic E-state index is 0.169. The minimum Gasteiger partial charge on any atom is -0.358 e. The summed E-state index contributed by atoms with van der Waals surface area (Å²) in [4.78, 5) is 15.8. The minimum atomic E-state index is -0.169. The van der Waals surface area contributed by atoms with E-state index in [1.165, 1.54) is 22.2 Å². The second kappa shape index (κ2) is 3.62. The third-order valence-corrected chi connectivity index (χ3v) is 5.22. The van der Waals surface area contributed by atoms with Gasteiger partial charge in [-0.05, 0) is 36.8 Å². The van der Waals surface area contributed by atoms with E-state index in [0.717, 1.165) is 25.8 Å². The first-order valence-electron chi connectivity index (χ1n) is 7.10. The first kappa shape index (κ1) is 11.1. The molecule has 98 valence electrons. The molecule has 2 unspecified atom stereocenters. The van der Waals surface area contributed by atoms with Crippen LogP contribution >= 0.6 is 0 Å². The topological polar surface area (TPSA) is 44.9 Å². The lowest BCUT2D eigenvalue weighted by Gasteiger charge is -2.37. The number of aromatic amines is 1. The van der Waals surface area contributed by atoms with E-state index >= 15 is 0 Å². The van der Waals surface area contributed by atoms with Crippen molar-refractivity contribution in [3.05, 3.63) is 35.5 Å². The van der Waals surface area contributed by atoms with Crippen molar-refractivity contribution >= 4 is 16.8 Å². The Morgan fingerprint density at radius 1 is 1.26 bits per heavy atom. The Kier molecular flexibility index (Phi) is 2.12. The molecule has 4 rings (SSSR count). The summed E-state index contributed by atoms with van der Waals surface area (Å²) < 4.78 is 0. The van der Waals surface area contributed by atoms with Crippen molar-refractivity contribution in [2.45, 2.75) is 32.1 Å². The van der Waals surface area contributed by atoms with Crippen molar-refractivity contribution in [2.75, 3.05) is 6.54 Å². The van der Waals surface area contributed by atoms with Crippen LogP contribution in [0.3, 0.4) is 0 Å². The molecule has 3 heteroatoms. The zero-order chi connectivity index (χ0) is 13.0. The highest BCUT2D eigenvalue weighted by Gasteiger charge is 2.50. The number of benzene rings is 1. The maximum absolute atomic E-state index is 12.3. The van der Waals surface area contributed by atoms with E-state index in [1.807, 2.05) is 0 Å². The summed E-state index contributed by atoms with van der Waals surface area (Å²) in [6.07, 6.45) is 2.94. The number of rotatable bonds is 0. The highest BCUT2D eigenvalue weighted by molar-refractivity contribution is 5.90.